The van der Waals surface area contributed by atoms with Crippen LogP contribution in [0, 0.1) is 11.8 Å². The Morgan fingerprint density at radius 2 is 1.43 bits per heavy atom. The second kappa shape index (κ2) is 15.4. The molecular formula is C32H44O5. The Bertz CT molecular complexity index is 942. The molecule has 3 rings (SSSR count). The Labute approximate surface area is 222 Å². The molecular weight excluding hydrogens is 464 g/mol. The lowest BCUT2D eigenvalue weighted by Crippen LogP contribution is -2.24. The number of esters is 2. The topological polar surface area (TPSA) is 61.8 Å². The van der Waals surface area contributed by atoms with Gasteiger partial charge in [0.05, 0.1) is 17.7 Å². The first-order valence-corrected chi connectivity index (χ1v) is 14.2. The molecule has 5 heteroatoms. The molecule has 0 aromatic heterocycles. The van der Waals surface area contributed by atoms with Crippen molar-refractivity contribution < 1.29 is 23.8 Å². The summed E-state index contributed by atoms with van der Waals surface area (Å²) >= 11 is 0. The third-order valence-electron chi connectivity index (χ3n) is 7.48. The first kappa shape index (κ1) is 28.7. The van der Waals surface area contributed by atoms with E-state index in [4.69, 9.17) is 14.2 Å². The van der Waals surface area contributed by atoms with Crippen molar-refractivity contribution in [3.8, 4) is 11.5 Å². The Hall–Kier alpha value is -2.82. The molecule has 1 fully saturated rings. The third-order valence-corrected chi connectivity index (χ3v) is 7.48. The minimum absolute atomic E-state index is 0.000664. The van der Waals surface area contributed by atoms with Gasteiger partial charge in [0.2, 0.25) is 0 Å². The van der Waals surface area contributed by atoms with Crippen LogP contribution in [0.3, 0.4) is 0 Å². The zero-order valence-corrected chi connectivity index (χ0v) is 22.9. The van der Waals surface area contributed by atoms with Crippen LogP contribution in [0.4, 0.5) is 0 Å². The zero-order chi connectivity index (χ0) is 26.5. The minimum Gasteiger partial charge on any atom is -0.494 e. The van der Waals surface area contributed by atoms with E-state index in [1.165, 1.54) is 32.1 Å². The second-order valence-electron chi connectivity index (χ2n) is 10.5. The minimum atomic E-state index is -0.450. The van der Waals surface area contributed by atoms with E-state index in [1.54, 1.807) is 48.5 Å². The van der Waals surface area contributed by atoms with E-state index in [9.17, 15) is 9.59 Å². The number of hydrogen-bond donors (Lipinski definition) is 0. The van der Waals surface area contributed by atoms with Crippen molar-refractivity contribution in [3.05, 3.63) is 59.7 Å². The summed E-state index contributed by atoms with van der Waals surface area (Å²) in [7, 11) is 0. The molecule has 1 atom stereocenters. The molecule has 5 nitrogen and oxygen atoms in total. The number of rotatable bonds is 14. The monoisotopic (exact) mass is 508 g/mol. The fourth-order valence-electron chi connectivity index (χ4n) is 4.78. The summed E-state index contributed by atoms with van der Waals surface area (Å²) in [6.07, 6.45) is 12.7. The lowest BCUT2D eigenvalue weighted by molar-refractivity contribution is 0.0161. The number of ether oxygens (including phenoxy) is 3. The Kier molecular flexibility index (Phi) is 12.0. The lowest BCUT2D eigenvalue weighted by Gasteiger charge is -2.28. The van der Waals surface area contributed by atoms with Crippen LogP contribution in [0.25, 0.3) is 0 Å². The number of hydrogen-bond acceptors (Lipinski definition) is 5. The molecule has 1 aliphatic carbocycles. The average Bonchev–Trinajstić information content (AvgIpc) is 2.92. The first-order valence-electron chi connectivity index (χ1n) is 14.2. The lowest BCUT2D eigenvalue weighted by atomic mass is 9.84. The van der Waals surface area contributed by atoms with E-state index >= 15 is 0 Å². The Morgan fingerprint density at radius 1 is 0.811 bits per heavy atom. The summed E-state index contributed by atoms with van der Waals surface area (Å²) in [4.78, 5) is 25.1. The van der Waals surface area contributed by atoms with Gasteiger partial charge < -0.3 is 14.2 Å². The van der Waals surface area contributed by atoms with Gasteiger partial charge >= 0.3 is 11.9 Å². The van der Waals surface area contributed by atoms with Crippen LogP contribution in [0.1, 0.15) is 112 Å². The summed E-state index contributed by atoms with van der Waals surface area (Å²) in [5, 5.41) is 0. The zero-order valence-electron chi connectivity index (χ0n) is 22.9. The molecule has 0 bridgehead atoms. The first-order chi connectivity index (χ1) is 18.0. The molecule has 0 radical (unpaired) electrons. The maximum Gasteiger partial charge on any atom is 0.343 e. The highest BCUT2D eigenvalue weighted by molar-refractivity contribution is 5.92. The predicted octanol–water partition coefficient (Wildman–Crippen LogP) is 8.41. The molecule has 0 spiro atoms. The van der Waals surface area contributed by atoms with Gasteiger partial charge in [0.1, 0.15) is 17.6 Å². The average molecular weight is 509 g/mol. The van der Waals surface area contributed by atoms with Gasteiger partial charge in [-0.25, -0.2) is 9.59 Å². The maximum absolute atomic E-state index is 12.6. The largest absolute Gasteiger partial charge is 0.494 e. The molecule has 0 N–H and O–H groups in total. The van der Waals surface area contributed by atoms with Crippen molar-refractivity contribution in [3.63, 3.8) is 0 Å². The van der Waals surface area contributed by atoms with Gasteiger partial charge in [0, 0.05) is 0 Å². The third kappa shape index (κ3) is 9.87. The van der Waals surface area contributed by atoms with Crippen molar-refractivity contribution in [2.24, 2.45) is 11.8 Å². The van der Waals surface area contributed by atoms with Crippen LogP contribution < -0.4 is 9.47 Å². The molecule has 0 heterocycles. The highest BCUT2D eigenvalue weighted by Crippen LogP contribution is 2.30. The van der Waals surface area contributed by atoms with Gasteiger partial charge in [0.25, 0.3) is 0 Å². The van der Waals surface area contributed by atoms with Gasteiger partial charge in [-0.05, 0) is 98.9 Å². The quantitative estimate of drug-likeness (QED) is 0.146. The number of unbranched alkanes of at least 4 members (excludes halogenated alkanes) is 2. The normalized spacial score (nSPS) is 18.1. The van der Waals surface area contributed by atoms with E-state index < -0.39 is 5.97 Å². The molecule has 1 aliphatic rings. The fourth-order valence-corrected chi connectivity index (χ4v) is 4.78. The Morgan fingerprint density at radius 3 is 2.05 bits per heavy atom. The molecule has 0 saturated heterocycles. The second-order valence-corrected chi connectivity index (χ2v) is 10.5. The fraction of sp³-hybridized carbons (Fsp3) is 0.562. The molecule has 0 aliphatic heterocycles. The van der Waals surface area contributed by atoms with Crippen LogP contribution >= 0.6 is 0 Å². The number of carbonyl (C=O) groups is 2. The standard InChI is InChI=1S/C32H44O5/c1-4-6-7-10-25-11-17-29(18-12-25)36-32(34)27-15-21-30(22-16-27)37-31(33)26-13-19-28(20-14-26)35-23-8-9-24(3)5-2/h13-16,19-22,24-25,29H,4-12,17-18,23H2,1-3H3/t24-,25?,29?/m0/s1. The molecule has 1 saturated carbocycles. The molecule has 2 aromatic carbocycles. The summed E-state index contributed by atoms with van der Waals surface area (Å²) in [5.74, 6) is 1.86. The van der Waals surface area contributed by atoms with E-state index in [0.717, 1.165) is 50.2 Å². The van der Waals surface area contributed by atoms with Crippen LogP contribution in [0.15, 0.2) is 48.5 Å². The predicted molar refractivity (Wildman–Crippen MR) is 147 cm³/mol. The van der Waals surface area contributed by atoms with Crippen LogP contribution in [-0.2, 0) is 4.74 Å². The summed E-state index contributed by atoms with van der Waals surface area (Å²) in [5.41, 5.74) is 0.917. The SMILES string of the molecule is CCCCCC1CCC(OC(=O)c2ccc(OC(=O)c3ccc(OCCC[C@@H](C)CC)cc3)cc2)CC1. The highest BCUT2D eigenvalue weighted by Gasteiger charge is 2.24. The van der Waals surface area contributed by atoms with Gasteiger partial charge in [-0.1, -0.05) is 52.9 Å². The van der Waals surface area contributed by atoms with E-state index in [-0.39, 0.29) is 12.1 Å². The van der Waals surface area contributed by atoms with Crippen molar-refractivity contribution in [2.45, 2.75) is 97.5 Å². The summed E-state index contributed by atoms with van der Waals surface area (Å²) < 4.78 is 17.0. The smallest absolute Gasteiger partial charge is 0.343 e. The van der Waals surface area contributed by atoms with E-state index in [0.29, 0.717) is 29.4 Å². The Balaban J connectivity index is 1.40. The number of carbonyl (C=O) groups excluding carboxylic acids is 2. The van der Waals surface area contributed by atoms with E-state index in [1.807, 2.05) is 0 Å². The van der Waals surface area contributed by atoms with Gasteiger partial charge in [-0.15, -0.1) is 0 Å². The van der Waals surface area contributed by atoms with Gasteiger partial charge in [-0.2, -0.15) is 0 Å². The van der Waals surface area contributed by atoms with Gasteiger partial charge in [0.15, 0.2) is 0 Å². The van der Waals surface area contributed by atoms with Gasteiger partial charge in [-0.3, -0.25) is 0 Å². The van der Waals surface area contributed by atoms with Crippen molar-refractivity contribution in [1.29, 1.82) is 0 Å². The number of benzene rings is 2. The van der Waals surface area contributed by atoms with Crippen molar-refractivity contribution >= 4 is 11.9 Å². The van der Waals surface area contributed by atoms with Crippen LogP contribution in [0.5, 0.6) is 11.5 Å². The molecule has 202 valence electrons. The molecule has 0 unspecified atom stereocenters. The summed E-state index contributed by atoms with van der Waals surface area (Å²) in [6, 6.07) is 13.6. The molecule has 37 heavy (non-hydrogen) atoms. The van der Waals surface area contributed by atoms with E-state index in [2.05, 4.69) is 20.8 Å². The van der Waals surface area contributed by atoms with Crippen molar-refractivity contribution in [1.82, 2.24) is 0 Å². The highest BCUT2D eigenvalue weighted by atomic mass is 16.5. The van der Waals surface area contributed by atoms with Crippen molar-refractivity contribution in [2.75, 3.05) is 6.61 Å². The van der Waals surface area contributed by atoms with Crippen LogP contribution in [0.2, 0.25) is 0 Å². The maximum atomic E-state index is 12.6. The van der Waals surface area contributed by atoms with Crippen LogP contribution in [-0.4, -0.2) is 24.6 Å². The molecule has 0 amide bonds. The summed E-state index contributed by atoms with van der Waals surface area (Å²) in [6.45, 7) is 7.36. The molecule has 2 aromatic rings.